The van der Waals surface area contributed by atoms with E-state index in [1.807, 2.05) is 45.0 Å². The molecule has 0 fully saturated rings. The highest BCUT2D eigenvalue weighted by molar-refractivity contribution is 5.77. The second-order valence-corrected chi connectivity index (χ2v) is 5.59. The molecular weight excluding hydrogens is 240 g/mol. The van der Waals surface area contributed by atoms with Crippen LogP contribution in [0.4, 0.5) is 0 Å². The van der Waals surface area contributed by atoms with Crippen LogP contribution in [0.5, 0.6) is 5.75 Å². The van der Waals surface area contributed by atoms with Gasteiger partial charge in [0.15, 0.2) is 0 Å². The number of amides is 1. The molecule has 0 aliphatic rings. The Balaban J connectivity index is 2.87. The van der Waals surface area contributed by atoms with E-state index in [2.05, 4.69) is 0 Å². The highest BCUT2D eigenvalue weighted by Crippen LogP contribution is 2.28. The molecule has 2 N–H and O–H groups in total. The first-order valence-electron chi connectivity index (χ1n) is 6.43. The van der Waals surface area contributed by atoms with Crippen LogP contribution >= 0.6 is 0 Å². The average molecular weight is 264 g/mol. The molecule has 0 aromatic heterocycles. The number of nitrogens with zero attached hydrogens (tertiary/aromatic N) is 1. The molecule has 1 amide bonds. The second kappa shape index (κ2) is 6.06. The number of hydrogen-bond acceptors (Lipinski definition) is 3. The van der Waals surface area contributed by atoms with E-state index in [0.29, 0.717) is 6.42 Å². The van der Waals surface area contributed by atoms with Crippen molar-refractivity contribution in [3.8, 4) is 5.75 Å². The van der Waals surface area contributed by atoms with Gasteiger partial charge in [-0.25, -0.2) is 0 Å². The van der Waals surface area contributed by atoms with Gasteiger partial charge in [-0.3, -0.25) is 4.79 Å². The number of benzene rings is 1. The Bertz CT molecular complexity index is 438. The largest absolute Gasteiger partial charge is 0.496 e. The minimum atomic E-state index is -0.494. The minimum Gasteiger partial charge on any atom is -0.496 e. The van der Waals surface area contributed by atoms with E-state index in [0.717, 1.165) is 11.3 Å². The first kappa shape index (κ1) is 15.5. The van der Waals surface area contributed by atoms with Gasteiger partial charge in [-0.15, -0.1) is 0 Å². The van der Waals surface area contributed by atoms with Crippen molar-refractivity contribution in [2.24, 2.45) is 5.73 Å². The van der Waals surface area contributed by atoms with E-state index >= 15 is 0 Å². The molecule has 19 heavy (non-hydrogen) atoms. The van der Waals surface area contributed by atoms with Crippen LogP contribution in [0.15, 0.2) is 24.3 Å². The SMILES string of the molecule is COc1ccccc1C(C)N(C)C(=O)CC(C)(C)N. The number of nitrogens with two attached hydrogens (primary N) is 1. The van der Waals surface area contributed by atoms with E-state index in [4.69, 9.17) is 10.5 Å². The Hall–Kier alpha value is -1.55. The third-order valence-corrected chi connectivity index (χ3v) is 3.17. The van der Waals surface area contributed by atoms with Crippen LogP contribution in [0.25, 0.3) is 0 Å². The van der Waals surface area contributed by atoms with Gasteiger partial charge in [-0.2, -0.15) is 0 Å². The van der Waals surface area contributed by atoms with Gasteiger partial charge in [-0.05, 0) is 26.8 Å². The molecule has 4 nitrogen and oxygen atoms in total. The van der Waals surface area contributed by atoms with Gasteiger partial charge < -0.3 is 15.4 Å². The first-order valence-corrected chi connectivity index (χ1v) is 6.43. The monoisotopic (exact) mass is 264 g/mol. The smallest absolute Gasteiger partial charge is 0.224 e. The summed E-state index contributed by atoms with van der Waals surface area (Å²) in [5.74, 6) is 0.826. The van der Waals surface area contributed by atoms with Crippen molar-refractivity contribution in [1.82, 2.24) is 4.90 Å². The molecule has 0 aliphatic carbocycles. The Morgan fingerprint density at radius 1 is 1.42 bits per heavy atom. The van der Waals surface area contributed by atoms with Crippen molar-refractivity contribution in [2.75, 3.05) is 14.2 Å². The lowest BCUT2D eigenvalue weighted by atomic mass is 10.00. The molecule has 106 valence electrons. The van der Waals surface area contributed by atoms with Crippen molar-refractivity contribution in [1.29, 1.82) is 0 Å². The molecule has 1 aromatic rings. The van der Waals surface area contributed by atoms with E-state index in [1.54, 1.807) is 19.1 Å². The molecule has 0 radical (unpaired) electrons. The van der Waals surface area contributed by atoms with Crippen molar-refractivity contribution in [2.45, 2.75) is 38.8 Å². The molecule has 0 saturated heterocycles. The molecule has 0 saturated carbocycles. The third-order valence-electron chi connectivity index (χ3n) is 3.17. The van der Waals surface area contributed by atoms with Gasteiger partial charge in [0.05, 0.1) is 13.2 Å². The molecule has 0 bridgehead atoms. The Morgan fingerprint density at radius 2 is 2.00 bits per heavy atom. The summed E-state index contributed by atoms with van der Waals surface area (Å²) in [7, 11) is 3.43. The normalized spacial score (nSPS) is 12.9. The first-order chi connectivity index (χ1) is 8.76. The Kier molecular flexibility index (Phi) is 4.95. The fourth-order valence-corrected chi connectivity index (χ4v) is 1.95. The highest BCUT2D eigenvalue weighted by Gasteiger charge is 2.24. The Labute approximate surface area is 115 Å². The van der Waals surface area contributed by atoms with Crippen molar-refractivity contribution >= 4 is 5.91 Å². The summed E-state index contributed by atoms with van der Waals surface area (Å²) >= 11 is 0. The zero-order chi connectivity index (χ0) is 14.6. The van der Waals surface area contributed by atoms with E-state index in [-0.39, 0.29) is 11.9 Å². The third kappa shape index (κ3) is 4.24. The molecule has 0 heterocycles. The fraction of sp³-hybridized carbons (Fsp3) is 0.533. The number of para-hydroxylation sites is 1. The van der Waals surface area contributed by atoms with Crippen molar-refractivity contribution in [3.05, 3.63) is 29.8 Å². The molecule has 0 spiro atoms. The summed E-state index contributed by atoms with van der Waals surface area (Å²) in [4.78, 5) is 13.9. The summed E-state index contributed by atoms with van der Waals surface area (Å²) < 4.78 is 5.33. The molecule has 1 unspecified atom stereocenters. The molecule has 1 aromatic carbocycles. The topological polar surface area (TPSA) is 55.6 Å². The summed E-state index contributed by atoms with van der Waals surface area (Å²) in [6.45, 7) is 5.69. The predicted octanol–water partition coefficient (Wildman–Crippen LogP) is 2.34. The van der Waals surface area contributed by atoms with Gasteiger partial charge in [-0.1, -0.05) is 18.2 Å². The van der Waals surface area contributed by atoms with Gasteiger partial charge in [0, 0.05) is 24.6 Å². The van der Waals surface area contributed by atoms with E-state index in [9.17, 15) is 4.79 Å². The number of ether oxygens (including phenoxy) is 1. The molecule has 0 aliphatic heterocycles. The van der Waals surface area contributed by atoms with Crippen LogP contribution in [0.1, 0.15) is 38.8 Å². The van der Waals surface area contributed by atoms with E-state index in [1.165, 1.54) is 0 Å². The number of carbonyl (C=O) groups excluding carboxylic acids is 1. The number of hydrogen-bond donors (Lipinski definition) is 1. The summed E-state index contributed by atoms with van der Waals surface area (Å²) in [6.07, 6.45) is 0.322. The number of carbonyl (C=O) groups is 1. The highest BCUT2D eigenvalue weighted by atomic mass is 16.5. The van der Waals surface area contributed by atoms with Crippen LogP contribution in [0.3, 0.4) is 0 Å². The maximum atomic E-state index is 12.2. The predicted molar refractivity (Wildman–Crippen MR) is 77.1 cm³/mol. The van der Waals surface area contributed by atoms with Crippen molar-refractivity contribution in [3.63, 3.8) is 0 Å². The number of methoxy groups -OCH3 is 1. The maximum Gasteiger partial charge on any atom is 0.224 e. The minimum absolute atomic E-state index is 0.0332. The second-order valence-electron chi connectivity index (χ2n) is 5.59. The lowest BCUT2D eigenvalue weighted by Crippen LogP contribution is -2.40. The number of rotatable bonds is 5. The van der Waals surface area contributed by atoms with Gasteiger partial charge in [0.2, 0.25) is 5.91 Å². The zero-order valence-electron chi connectivity index (χ0n) is 12.4. The molecular formula is C15H24N2O2. The van der Waals surface area contributed by atoms with Crippen LogP contribution in [0.2, 0.25) is 0 Å². The Morgan fingerprint density at radius 3 is 2.53 bits per heavy atom. The zero-order valence-corrected chi connectivity index (χ0v) is 12.4. The van der Waals surface area contributed by atoms with Crippen LogP contribution in [-0.4, -0.2) is 30.5 Å². The lowest BCUT2D eigenvalue weighted by molar-refractivity contribution is -0.132. The maximum absolute atomic E-state index is 12.2. The van der Waals surface area contributed by atoms with Gasteiger partial charge >= 0.3 is 0 Å². The summed E-state index contributed by atoms with van der Waals surface area (Å²) in [5.41, 5.74) is 6.40. The molecule has 4 heteroatoms. The standard InChI is InChI=1S/C15H24N2O2/c1-11(12-8-6-7-9-13(12)19-5)17(4)14(18)10-15(2,3)16/h6-9,11H,10,16H2,1-5H3. The van der Waals surface area contributed by atoms with Crippen molar-refractivity contribution < 1.29 is 9.53 Å². The van der Waals surface area contributed by atoms with E-state index < -0.39 is 5.54 Å². The fourth-order valence-electron chi connectivity index (χ4n) is 1.95. The van der Waals surface area contributed by atoms with Crippen LogP contribution in [-0.2, 0) is 4.79 Å². The molecule has 1 rings (SSSR count). The summed E-state index contributed by atoms with van der Waals surface area (Å²) in [6, 6.07) is 7.68. The summed E-state index contributed by atoms with van der Waals surface area (Å²) in [5, 5.41) is 0. The van der Waals surface area contributed by atoms with Gasteiger partial charge in [0.25, 0.3) is 0 Å². The van der Waals surface area contributed by atoms with Crippen LogP contribution in [0, 0.1) is 0 Å². The van der Waals surface area contributed by atoms with Crippen LogP contribution < -0.4 is 10.5 Å². The average Bonchev–Trinajstić information content (AvgIpc) is 2.34. The lowest BCUT2D eigenvalue weighted by Gasteiger charge is -2.29. The quantitative estimate of drug-likeness (QED) is 0.888. The molecule has 1 atom stereocenters. The van der Waals surface area contributed by atoms with Gasteiger partial charge in [0.1, 0.15) is 5.75 Å².